The van der Waals surface area contributed by atoms with Gasteiger partial charge >= 0.3 is 0 Å². The van der Waals surface area contributed by atoms with Crippen LogP contribution in [-0.2, 0) is 0 Å². The molecule has 1 aromatic heterocycles. The third kappa shape index (κ3) is 1.52. The van der Waals surface area contributed by atoms with Gasteiger partial charge in [-0.05, 0) is 24.6 Å². The number of aromatic amines is 1. The predicted octanol–water partition coefficient (Wildman–Crippen LogP) is 2.96. The van der Waals surface area contributed by atoms with Gasteiger partial charge in [-0.2, -0.15) is 0 Å². The molecule has 1 heterocycles. The van der Waals surface area contributed by atoms with Crippen LogP contribution >= 0.6 is 0 Å². The van der Waals surface area contributed by atoms with Crippen molar-refractivity contribution in [1.29, 1.82) is 0 Å². The SMILES string of the molecule is CCCOc1cccc2[nH]ccc12. The minimum Gasteiger partial charge on any atom is -0.493 e. The van der Waals surface area contributed by atoms with Gasteiger partial charge in [0.25, 0.3) is 0 Å². The van der Waals surface area contributed by atoms with Gasteiger partial charge in [0.1, 0.15) is 5.75 Å². The molecule has 0 unspecified atom stereocenters. The Balaban J connectivity index is 2.37. The first-order valence-corrected chi connectivity index (χ1v) is 4.60. The number of ether oxygens (including phenoxy) is 1. The van der Waals surface area contributed by atoms with Crippen LogP contribution in [0.3, 0.4) is 0 Å². The Hall–Kier alpha value is -1.44. The van der Waals surface area contributed by atoms with E-state index in [1.165, 1.54) is 0 Å². The van der Waals surface area contributed by atoms with Crippen molar-refractivity contribution in [2.45, 2.75) is 13.3 Å². The van der Waals surface area contributed by atoms with Crippen molar-refractivity contribution in [3.63, 3.8) is 0 Å². The summed E-state index contributed by atoms with van der Waals surface area (Å²) >= 11 is 0. The van der Waals surface area contributed by atoms with E-state index in [-0.39, 0.29) is 0 Å². The maximum atomic E-state index is 5.61. The van der Waals surface area contributed by atoms with E-state index in [1.54, 1.807) is 0 Å². The molecule has 13 heavy (non-hydrogen) atoms. The summed E-state index contributed by atoms with van der Waals surface area (Å²) in [5.74, 6) is 0.973. The van der Waals surface area contributed by atoms with Gasteiger partial charge in [-0.3, -0.25) is 0 Å². The molecule has 0 atom stereocenters. The van der Waals surface area contributed by atoms with Crippen molar-refractivity contribution in [1.82, 2.24) is 4.98 Å². The van der Waals surface area contributed by atoms with Gasteiger partial charge in [0, 0.05) is 17.1 Å². The van der Waals surface area contributed by atoms with Crippen molar-refractivity contribution in [2.24, 2.45) is 0 Å². The maximum Gasteiger partial charge on any atom is 0.128 e. The Morgan fingerprint density at radius 1 is 1.31 bits per heavy atom. The van der Waals surface area contributed by atoms with Gasteiger partial charge in [-0.1, -0.05) is 13.0 Å². The monoisotopic (exact) mass is 175 g/mol. The quantitative estimate of drug-likeness (QED) is 0.762. The first-order valence-electron chi connectivity index (χ1n) is 4.60. The number of rotatable bonds is 3. The molecule has 2 rings (SSSR count). The Labute approximate surface area is 77.5 Å². The summed E-state index contributed by atoms with van der Waals surface area (Å²) in [5.41, 5.74) is 1.13. The zero-order chi connectivity index (χ0) is 9.10. The molecule has 2 nitrogen and oxygen atoms in total. The highest BCUT2D eigenvalue weighted by Gasteiger charge is 2.00. The topological polar surface area (TPSA) is 25.0 Å². The number of aromatic nitrogens is 1. The van der Waals surface area contributed by atoms with E-state index in [1.807, 2.05) is 30.5 Å². The van der Waals surface area contributed by atoms with Crippen LogP contribution in [0.25, 0.3) is 10.9 Å². The Kier molecular flexibility index (Phi) is 2.21. The van der Waals surface area contributed by atoms with Crippen molar-refractivity contribution >= 4 is 10.9 Å². The lowest BCUT2D eigenvalue weighted by molar-refractivity contribution is 0.321. The minimum atomic E-state index is 0.782. The smallest absolute Gasteiger partial charge is 0.128 e. The van der Waals surface area contributed by atoms with Crippen molar-refractivity contribution in [2.75, 3.05) is 6.61 Å². The number of nitrogens with one attached hydrogen (secondary N) is 1. The van der Waals surface area contributed by atoms with Crippen molar-refractivity contribution in [3.8, 4) is 5.75 Å². The van der Waals surface area contributed by atoms with Crippen molar-refractivity contribution in [3.05, 3.63) is 30.5 Å². The average Bonchev–Trinajstić information content (AvgIpc) is 2.62. The molecule has 0 aliphatic carbocycles. The van der Waals surface area contributed by atoms with Crippen molar-refractivity contribution < 1.29 is 4.74 Å². The molecule has 0 spiro atoms. The van der Waals surface area contributed by atoms with E-state index in [4.69, 9.17) is 4.74 Å². The molecule has 68 valence electrons. The summed E-state index contributed by atoms with van der Waals surface area (Å²) in [6, 6.07) is 8.10. The molecule has 2 aromatic rings. The Morgan fingerprint density at radius 3 is 3.08 bits per heavy atom. The first-order chi connectivity index (χ1) is 6.42. The number of hydrogen-bond donors (Lipinski definition) is 1. The van der Waals surface area contributed by atoms with Gasteiger partial charge in [-0.25, -0.2) is 0 Å². The van der Waals surface area contributed by atoms with Gasteiger partial charge in [-0.15, -0.1) is 0 Å². The molecule has 0 amide bonds. The average molecular weight is 175 g/mol. The molecule has 0 fully saturated rings. The summed E-state index contributed by atoms with van der Waals surface area (Å²) < 4.78 is 5.61. The van der Waals surface area contributed by atoms with E-state index in [0.29, 0.717) is 0 Å². The van der Waals surface area contributed by atoms with E-state index in [0.717, 1.165) is 29.7 Å². The molecule has 2 heteroatoms. The highest BCUT2D eigenvalue weighted by molar-refractivity contribution is 5.85. The lowest BCUT2D eigenvalue weighted by Gasteiger charge is -2.04. The summed E-state index contributed by atoms with van der Waals surface area (Å²) in [6.07, 6.45) is 2.98. The molecular formula is C11H13NO. The van der Waals surface area contributed by atoms with E-state index >= 15 is 0 Å². The fourth-order valence-corrected chi connectivity index (χ4v) is 1.39. The summed E-state index contributed by atoms with van der Waals surface area (Å²) in [5, 5.41) is 1.16. The lowest BCUT2D eigenvalue weighted by atomic mass is 10.2. The van der Waals surface area contributed by atoms with E-state index in [2.05, 4.69) is 11.9 Å². The minimum absolute atomic E-state index is 0.782. The Bertz CT molecular complexity index is 392. The largest absolute Gasteiger partial charge is 0.493 e. The molecule has 0 aliphatic rings. The summed E-state index contributed by atoms with van der Waals surface area (Å²) in [7, 11) is 0. The fourth-order valence-electron chi connectivity index (χ4n) is 1.39. The molecule has 0 saturated carbocycles. The second-order valence-corrected chi connectivity index (χ2v) is 3.04. The van der Waals surface area contributed by atoms with Crippen LogP contribution in [0.15, 0.2) is 30.5 Å². The summed E-state index contributed by atoms with van der Waals surface area (Å²) in [6.45, 7) is 2.89. The molecule has 1 N–H and O–H groups in total. The third-order valence-corrected chi connectivity index (χ3v) is 2.02. The molecule has 1 aromatic carbocycles. The van der Waals surface area contributed by atoms with Crippen LogP contribution < -0.4 is 4.74 Å². The molecule has 0 radical (unpaired) electrons. The van der Waals surface area contributed by atoms with Gasteiger partial charge in [0.05, 0.1) is 6.61 Å². The number of hydrogen-bond acceptors (Lipinski definition) is 1. The van der Waals surface area contributed by atoms with Gasteiger partial charge in [0.15, 0.2) is 0 Å². The van der Waals surface area contributed by atoms with E-state index < -0.39 is 0 Å². The van der Waals surface area contributed by atoms with Crippen LogP contribution in [0, 0.1) is 0 Å². The standard InChI is InChI=1S/C11H13NO/c1-2-8-13-11-5-3-4-10-9(11)6-7-12-10/h3-7,12H,2,8H2,1H3. The molecule has 0 aliphatic heterocycles. The number of H-pyrrole nitrogens is 1. The highest BCUT2D eigenvalue weighted by Crippen LogP contribution is 2.24. The highest BCUT2D eigenvalue weighted by atomic mass is 16.5. The van der Waals surface area contributed by atoms with Crippen LogP contribution in [-0.4, -0.2) is 11.6 Å². The normalized spacial score (nSPS) is 10.5. The number of benzene rings is 1. The third-order valence-electron chi connectivity index (χ3n) is 2.02. The van der Waals surface area contributed by atoms with Crippen LogP contribution in [0.4, 0.5) is 0 Å². The van der Waals surface area contributed by atoms with Gasteiger partial charge < -0.3 is 9.72 Å². The molecule has 0 bridgehead atoms. The summed E-state index contributed by atoms with van der Waals surface area (Å²) in [4.78, 5) is 3.16. The Morgan fingerprint density at radius 2 is 2.23 bits per heavy atom. The second-order valence-electron chi connectivity index (χ2n) is 3.04. The zero-order valence-corrected chi connectivity index (χ0v) is 7.71. The first kappa shape index (κ1) is 8.17. The van der Waals surface area contributed by atoms with Crippen LogP contribution in [0.2, 0.25) is 0 Å². The fraction of sp³-hybridized carbons (Fsp3) is 0.273. The van der Waals surface area contributed by atoms with Crippen LogP contribution in [0.1, 0.15) is 13.3 Å². The lowest BCUT2D eigenvalue weighted by Crippen LogP contribution is -1.94. The molecule has 0 saturated heterocycles. The van der Waals surface area contributed by atoms with Crippen LogP contribution in [0.5, 0.6) is 5.75 Å². The molecular weight excluding hydrogens is 162 g/mol. The maximum absolute atomic E-state index is 5.61. The van der Waals surface area contributed by atoms with Gasteiger partial charge in [0.2, 0.25) is 0 Å². The predicted molar refractivity (Wildman–Crippen MR) is 54.1 cm³/mol. The number of fused-ring (bicyclic) bond motifs is 1. The zero-order valence-electron chi connectivity index (χ0n) is 7.71. The van der Waals surface area contributed by atoms with E-state index in [9.17, 15) is 0 Å². The second kappa shape index (κ2) is 3.52.